The van der Waals surface area contributed by atoms with Gasteiger partial charge in [-0.1, -0.05) is 19.9 Å². The minimum Gasteiger partial charge on any atom is -0.370 e. The Kier molecular flexibility index (Phi) is 6.35. The topological polar surface area (TPSA) is 53.6 Å². The molecule has 3 N–H and O–H groups in total. The molecule has 3 rings (SSSR count). The molecule has 1 aromatic rings. The average Bonchev–Trinajstić information content (AvgIpc) is 3.01. The molecular weight excluding hydrogens is 308 g/mol. The summed E-state index contributed by atoms with van der Waals surface area (Å²) in [6.45, 7) is 9.27. The number of likely N-dealkylation sites (tertiary alicyclic amines) is 1. The minimum atomic E-state index is 0.540. The Bertz CT molecular complexity index is 586. The second-order valence-corrected chi connectivity index (χ2v) is 8.14. The summed E-state index contributed by atoms with van der Waals surface area (Å²) in [6.07, 6.45) is 7.37. The third-order valence-corrected chi connectivity index (χ3v) is 5.48. The summed E-state index contributed by atoms with van der Waals surface area (Å²) in [7, 11) is 0. The summed E-state index contributed by atoms with van der Waals surface area (Å²) >= 11 is 0. The summed E-state index contributed by atoms with van der Waals surface area (Å²) in [5.74, 6) is 2.22. The van der Waals surface area contributed by atoms with Gasteiger partial charge in [0.1, 0.15) is 0 Å². The zero-order chi connectivity index (χ0) is 17.6. The predicted octanol–water partition coefficient (Wildman–Crippen LogP) is 3.66. The number of guanidine groups is 1. The maximum atomic E-state index is 6.04. The van der Waals surface area contributed by atoms with Crippen molar-refractivity contribution in [2.24, 2.45) is 22.6 Å². The molecule has 0 saturated carbocycles. The molecule has 2 aliphatic rings. The van der Waals surface area contributed by atoms with Crippen LogP contribution in [0.25, 0.3) is 0 Å². The SMILES string of the molecule is CC1CC(C)CN(CCCCN=C(N)Nc2ccc3c(c2)CCC3)C1. The van der Waals surface area contributed by atoms with Gasteiger partial charge in [-0.3, -0.25) is 4.99 Å². The monoisotopic (exact) mass is 342 g/mol. The lowest BCUT2D eigenvalue weighted by molar-refractivity contribution is 0.139. The van der Waals surface area contributed by atoms with Gasteiger partial charge in [0.2, 0.25) is 0 Å². The highest BCUT2D eigenvalue weighted by molar-refractivity contribution is 5.92. The van der Waals surface area contributed by atoms with E-state index in [2.05, 4.69) is 47.3 Å². The highest BCUT2D eigenvalue weighted by Crippen LogP contribution is 2.24. The Labute approximate surface area is 152 Å². The quantitative estimate of drug-likeness (QED) is 0.471. The van der Waals surface area contributed by atoms with Crippen LogP contribution in [0.5, 0.6) is 0 Å². The van der Waals surface area contributed by atoms with Crippen LogP contribution in [-0.2, 0) is 12.8 Å². The molecule has 2 atom stereocenters. The molecular formula is C21H34N4. The number of nitrogens with zero attached hydrogens (tertiary/aromatic N) is 2. The van der Waals surface area contributed by atoms with E-state index in [1.54, 1.807) is 0 Å². The molecule has 0 radical (unpaired) electrons. The van der Waals surface area contributed by atoms with Crippen LogP contribution >= 0.6 is 0 Å². The molecule has 1 fully saturated rings. The zero-order valence-electron chi connectivity index (χ0n) is 15.9. The van der Waals surface area contributed by atoms with Crippen LogP contribution in [0.15, 0.2) is 23.2 Å². The molecule has 0 bridgehead atoms. The van der Waals surface area contributed by atoms with Crippen LogP contribution in [-0.4, -0.2) is 37.0 Å². The summed E-state index contributed by atoms with van der Waals surface area (Å²) in [5, 5.41) is 3.24. The number of piperidine rings is 1. The van der Waals surface area contributed by atoms with Gasteiger partial charge in [-0.15, -0.1) is 0 Å². The number of hydrogen-bond acceptors (Lipinski definition) is 2. The van der Waals surface area contributed by atoms with Gasteiger partial charge in [0.15, 0.2) is 5.96 Å². The second-order valence-electron chi connectivity index (χ2n) is 8.14. The highest BCUT2D eigenvalue weighted by Gasteiger charge is 2.20. The molecule has 1 aromatic carbocycles. The molecule has 25 heavy (non-hydrogen) atoms. The lowest BCUT2D eigenvalue weighted by Gasteiger charge is -2.34. The molecule has 1 heterocycles. The van der Waals surface area contributed by atoms with Crippen molar-refractivity contribution >= 4 is 11.6 Å². The number of aliphatic imine (C=N–C) groups is 1. The number of benzene rings is 1. The lowest BCUT2D eigenvalue weighted by Crippen LogP contribution is -2.39. The van der Waals surface area contributed by atoms with Crippen molar-refractivity contribution in [2.45, 2.75) is 52.4 Å². The van der Waals surface area contributed by atoms with Crippen LogP contribution < -0.4 is 11.1 Å². The summed E-state index contributed by atoms with van der Waals surface area (Å²) in [5.41, 5.74) is 10.1. The Morgan fingerprint density at radius 2 is 1.92 bits per heavy atom. The highest BCUT2D eigenvalue weighted by atomic mass is 15.1. The fourth-order valence-electron chi connectivity index (χ4n) is 4.46. The third kappa shape index (κ3) is 5.46. The van der Waals surface area contributed by atoms with Gasteiger partial charge in [-0.05, 0) is 80.2 Å². The van der Waals surface area contributed by atoms with Gasteiger partial charge < -0.3 is 16.0 Å². The van der Waals surface area contributed by atoms with E-state index in [9.17, 15) is 0 Å². The van der Waals surface area contributed by atoms with E-state index in [0.717, 1.165) is 30.5 Å². The molecule has 4 nitrogen and oxygen atoms in total. The molecule has 138 valence electrons. The first kappa shape index (κ1) is 18.2. The third-order valence-electron chi connectivity index (χ3n) is 5.48. The van der Waals surface area contributed by atoms with Crippen LogP contribution in [0.1, 0.15) is 50.7 Å². The Morgan fingerprint density at radius 1 is 1.16 bits per heavy atom. The van der Waals surface area contributed by atoms with Crippen molar-refractivity contribution in [1.29, 1.82) is 0 Å². The number of rotatable bonds is 6. The molecule has 1 saturated heterocycles. The Balaban J connectivity index is 1.36. The number of unbranched alkanes of at least 4 members (excludes halogenated alkanes) is 1. The van der Waals surface area contributed by atoms with E-state index in [1.807, 2.05) is 0 Å². The van der Waals surface area contributed by atoms with Crippen LogP contribution in [0.2, 0.25) is 0 Å². The fraction of sp³-hybridized carbons (Fsp3) is 0.667. The van der Waals surface area contributed by atoms with E-state index in [0.29, 0.717) is 5.96 Å². The summed E-state index contributed by atoms with van der Waals surface area (Å²) in [4.78, 5) is 7.11. The van der Waals surface area contributed by atoms with Gasteiger partial charge in [0.25, 0.3) is 0 Å². The van der Waals surface area contributed by atoms with Crippen molar-refractivity contribution in [2.75, 3.05) is 31.5 Å². The minimum absolute atomic E-state index is 0.540. The predicted molar refractivity (Wildman–Crippen MR) is 107 cm³/mol. The standard InChI is InChI=1S/C21H34N4/c1-16-12-17(2)15-25(14-16)11-4-3-10-23-21(22)24-20-9-8-18-6-5-7-19(18)13-20/h8-9,13,16-17H,3-7,10-12,14-15H2,1-2H3,(H3,22,23,24). The van der Waals surface area contributed by atoms with Crippen molar-refractivity contribution in [3.63, 3.8) is 0 Å². The summed E-state index contributed by atoms with van der Waals surface area (Å²) in [6, 6.07) is 6.56. The molecule has 0 spiro atoms. The zero-order valence-corrected chi connectivity index (χ0v) is 15.9. The van der Waals surface area contributed by atoms with E-state index >= 15 is 0 Å². The molecule has 4 heteroatoms. The first-order valence-corrected chi connectivity index (χ1v) is 10.0. The van der Waals surface area contributed by atoms with E-state index in [4.69, 9.17) is 5.73 Å². The number of fused-ring (bicyclic) bond motifs is 1. The van der Waals surface area contributed by atoms with E-state index < -0.39 is 0 Å². The molecule has 1 aliphatic carbocycles. The molecule has 0 aromatic heterocycles. The Morgan fingerprint density at radius 3 is 2.72 bits per heavy atom. The van der Waals surface area contributed by atoms with Crippen LogP contribution in [0.4, 0.5) is 5.69 Å². The molecule has 1 aliphatic heterocycles. The van der Waals surface area contributed by atoms with Gasteiger partial charge in [-0.25, -0.2) is 0 Å². The van der Waals surface area contributed by atoms with Crippen LogP contribution in [0.3, 0.4) is 0 Å². The first-order valence-electron chi connectivity index (χ1n) is 10.0. The number of nitrogens with two attached hydrogens (primary N) is 1. The fourth-order valence-corrected chi connectivity index (χ4v) is 4.46. The number of nitrogens with one attached hydrogen (secondary N) is 1. The van der Waals surface area contributed by atoms with Crippen LogP contribution in [0, 0.1) is 11.8 Å². The number of aryl methyl sites for hydroxylation is 2. The second kappa shape index (κ2) is 8.70. The first-order chi connectivity index (χ1) is 12.1. The van der Waals surface area contributed by atoms with Gasteiger partial charge in [0.05, 0.1) is 0 Å². The van der Waals surface area contributed by atoms with Crippen molar-refractivity contribution in [3.05, 3.63) is 29.3 Å². The smallest absolute Gasteiger partial charge is 0.193 e. The lowest BCUT2D eigenvalue weighted by atomic mass is 9.92. The van der Waals surface area contributed by atoms with Gasteiger partial charge >= 0.3 is 0 Å². The number of hydrogen-bond donors (Lipinski definition) is 2. The van der Waals surface area contributed by atoms with Gasteiger partial charge in [0, 0.05) is 25.3 Å². The largest absolute Gasteiger partial charge is 0.370 e. The van der Waals surface area contributed by atoms with Crippen molar-refractivity contribution in [3.8, 4) is 0 Å². The van der Waals surface area contributed by atoms with Crippen molar-refractivity contribution < 1.29 is 0 Å². The summed E-state index contributed by atoms with van der Waals surface area (Å²) < 4.78 is 0. The molecule has 0 amide bonds. The van der Waals surface area contributed by atoms with Crippen molar-refractivity contribution in [1.82, 2.24) is 4.90 Å². The normalized spacial score (nSPS) is 24.3. The average molecular weight is 343 g/mol. The number of anilines is 1. The molecule has 2 unspecified atom stereocenters. The Hall–Kier alpha value is -1.55. The van der Waals surface area contributed by atoms with Gasteiger partial charge in [-0.2, -0.15) is 0 Å². The van der Waals surface area contributed by atoms with E-state index in [-0.39, 0.29) is 0 Å². The maximum Gasteiger partial charge on any atom is 0.193 e. The maximum absolute atomic E-state index is 6.04. The van der Waals surface area contributed by atoms with E-state index in [1.165, 1.54) is 62.9 Å².